The van der Waals surface area contributed by atoms with Crippen molar-refractivity contribution in [1.29, 1.82) is 5.41 Å². The van der Waals surface area contributed by atoms with Gasteiger partial charge in [-0.15, -0.1) is 5.76 Å². The van der Waals surface area contributed by atoms with Gasteiger partial charge in [-0.3, -0.25) is 5.41 Å². The zero-order chi connectivity index (χ0) is 15.7. The first-order valence-corrected chi connectivity index (χ1v) is 6.73. The summed E-state index contributed by atoms with van der Waals surface area (Å²) >= 11 is 0. The van der Waals surface area contributed by atoms with E-state index in [2.05, 4.69) is 0 Å². The monoisotopic (exact) mass is 293 g/mol. The first kappa shape index (κ1) is 13.9. The van der Waals surface area contributed by atoms with Gasteiger partial charge in [0.1, 0.15) is 5.84 Å². The molecule has 110 valence electrons. The molecule has 1 aliphatic rings. The maximum absolute atomic E-state index is 12.3. The molecule has 2 N–H and O–H groups in total. The van der Waals surface area contributed by atoms with Gasteiger partial charge in [0.25, 0.3) is 0 Å². The van der Waals surface area contributed by atoms with Gasteiger partial charge in [-0.05, 0) is 23.8 Å². The van der Waals surface area contributed by atoms with Crippen molar-refractivity contribution < 1.29 is 15.0 Å². The molecule has 2 aromatic carbocycles. The first-order chi connectivity index (χ1) is 10.6. The molecule has 0 atom stereocenters. The van der Waals surface area contributed by atoms with Crippen LogP contribution in [-0.2, 0) is 0 Å². The van der Waals surface area contributed by atoms with Gasteiger partial charge in [0, 0.05) is 17.8 Å². The molecule has 5 heteroatoms. The van der Waals surface area contributed by atoms with Gasteiger partial charge < -0.3 is 15.1 Å². The third-order valence-corrected chi connectivity index (χ3v) is 3.55. The van der Waals surface area contributed by atoms with Crippen molar-refractivity contribution >= 4 is 23.1 Å². The average Bonchev–Trinajstić information content (AvgIpc) is 2.83. The van der Waals surface area contributed by atoms with Crippen LogP contribution < -0.4 is 10.0 Å². The van der Waals surface area contributed by atoms with E-state index in [0.29, 0.717) is 16.8 Å². The third kappa shape index (κ3) is 2.33. The summed E-state index contributed by atoms with van der Waals surface area (Å²) in [4.78, 5) is 12.6. The second-order valence-electron chi connectivity index (χ2n) is 4.95. The number of amidine groups is 1. The van der Waals surface area contributed by atoms with Crippen molar-refractivity contribution in [3.63, 3.8) is 0 Å². The number of hydrogen-bond donors (Lipinski definition) is 2. The molecule has 0 aliphatic carbocycles. The van der Waals surface area contributed by atoms with E-state index >= 15 is 0 Å². The van der Waals surface area contributed by atoms with Crippen molar-refractivity contribution in [1.82, 2.24) is 0 Å². The van der Waals surface area contributed by atoms with Crippen LogP contribution in [0.5, 0.6) is 0 Å². The minimum absolute atomic E-state index is 0.0478. The maximum atomic E-state index is 12.3. The Morgan fingerprint density at radius 1 is 1.14 bits per heavy atom. The van der Waals surface area contributed by atoms with Crippen molar-refractivity contribution in [2.75, 3.05) is 11.4 Å². The standard InChI is InChI=1S/C17H14N2O3/c18-16-15(11-5-2-1-3-6-11)14(20)10-19(16)13-8-4-7-12(9-13)17(21)22/h1-9,18,20H,10H2,(H,21,22)/p-1. The SMILES string of the molecule is N=C1C(c2ccccc2)=C([O-])CN1c1cccc(C(=O)O)c1. The Bertz CT molecular complexity index is 782. The molecule has 1 heterocycles. The first-order valence-electron chi connectivity index (χ1n) is 6.73. The molecule has 0 radical (unpaired) electrons. The molecule has 0 spiro atoms. The number of anilines is 1. The largest absolute Gasteiger partial charge is 0.874 e. The molecule has 0 fully saturated rings. The number of carboxylic acids is 1. The summed E-state index contributed by atoms with van der Waals surface area (Å²) in [5, 5.41) is 29.6. The molecule has 2 aromatic rings. The highest BCUT2D eigenvalue weighted by Crippen LogP contribution is 2.30. The lowest BCUT2D eigenvalue weighted by molar-refractivity contribution is -0.300. The van der Waals surface area contributed by atoms with Gasteiger partial charge in [0.2, 0.25) is 0 Å². The highest BCUT2D eigenvalue weighted by molar-refractivity contribution is 6.30. The highest BCUT2D eigenvalue weighted by Gasteiger charge is 2.25. The number of hydrogen-bond acceptors (Lipinski definition) is 3. The molecule has 0 amide bonds. The summed E-state index contributed by atoms with van der Waals surface area (Å²) in [5.74, 6) is -1.08. The summed E-state index contributed by atoms with van der Waals surface area (Å²) < 4.78 is 0. The van der Waals surface area contributed by atoms with Crippen LogP contribution in [0, 0.1) is 5.41 Å². The zero-order valence-electron chi connectivity index (χ0n) is 11.6. The van der Waals surface area contributed by atoms with Crippen LogP contribution in [0.25, 0.3) is 5.57 Å². The van der Waals surface area contributed by atoms with Gasteiger partial charge in [-0.2, -0.15) is 0 Å². The van der Waals surface area contributed by atoms with E-state index in [9.17, 15) is 9.90 Å². The van der Waals surface area contributed by atoms with E-state index in [0.717, 1.165) is 0 Å². The van der Waals surface area contributed by atoms with Crippen molar-refractivity contribution in [3.8, 4) is 0 Å². The molecule has 1 aliphatic heterocycles. The molecule has 0 aromatic heterocycles. The molecular weight excluding hydrogens is 280 g/mol. The van der Waals surface area contributed by atoms with E-state index < -0.39 is 5.97 Å². The van der Waals surface area contributed by atoms with Crippen LogP contribution in [0.3, 0.4) is 0 Å². The third-order valence-electron chi connectivity index (χ3n) is 3.55. The number of carbonyl (C=O) groups is 1. The molecular formula is C17H13N2O3-. The average molecular weight is 293 g/mol. The van der Waals surface area contributed by atoms with Crippen LogP contribution in [0.15, 0.2) is 60.4 Å². The minimum Gasteiger partial charge on any atom is -0.874 e. The Balaban J connectivity index is 1.96. The second kappa shape index (κ2) is 5.37. The molecule has 0 saturated carbocycles. The van der Waals surface area contributed by atoms with Crippen molar-refractivity contribution in [3.05, 3.63) is 71.5 Å². The van der Waals surface area contributed by atoms with Gasteiger partial charge in [-0.1, -0.05) is 36.4 Å². The number of nitrogens with one attached hydrogen (secondary N) is 1. The predicted molar refractivity (Wildman–Crippen MR) is 81.8 cm³/mol. The Kier molecular flexibility index (Phi) is 3.39. The van der Waals surface area contributed by atoms with E-state index in [4.69, 9.17) is 10.5 Å². The van der Waals surface area contributed by atoms with Crippen LogP contribution in [0.4, 0.5) is 5.69 Å². The minimum atomic E-state index is -1.04. The van der Waals surface area contributed by atoms with E-state index in [1.165, 1.54) is 17.0 Å². The smallest absolute Gasteiger partial charge is 0.335 e. The number of benzene rings is 2. The number of carboxylic acid groups (broad SMARTS) is 1. The normalized spacial score (nSPS) is 14.5. The molecule has 0 saturated heterocycles. The number of aromatic carboxylic acids is 1. The fraction of sp³-hybridized carbons (Fsp3) is 0.0588. The molecule has 3 rings (SSSR count). The second-order valence-corrected chi connectivity index (χ2v) is 4.95. The quantitative estimate of drug-likeness (QED) is 0.905. The topological polar surface area (TPSA) is 87.5 Å². The lowest BCUT2D eigenvalue weighted by Gasteiger charge is -2.20. The molecule has 0 bridgehead atoms. The maximum Gasteiger partial charge on any atom is 0.335 e. The Hall–Kier alpha value is -3.08. The summed E-state index contributed by atoms with van der Waals surface area (Å²) in [7, 11) is 0. The molecule has 22 heavy (non-hydrogen) atoms. The van der Waals surface area contributed by atoms with E-state index in [1.807, 2.05) is 18.2 Å². The Labute approximate surface area is 127 Å². The fourth-order valence-electron chi connectivity index (χ4n) is 2.50. The summed E-state index contributed by atoms with van der Waals surface area (Å²) in [6.07, 6.45) is 0. The van der Waals surface area contributed by atoms with Crippen molar-refractivity contribution in [2.45, 2.75) is 0 Å². The van der Waals surface area contributed by atoms with Crippen LogP contribution in [-0.4, -0.2) is 23.5 Å². The molecule has 5 nitrogen and oxygen atoms in total. The summed E-state index contributed by atoms with van der Waals surface area (Å²) in [5.41, 5.74) is 1.73. The lowest BCUT2D eigenvalue weighted by atomic mass is 10.1. The van der Waals surface area contributed by atoms with Gasteiger partial charge in [0.15, 0.2) is 0 Å². The van der Waals surface area contributed by atoms with E-state index in [1.54, 1.807) is 24.3 Å². The fourth-order valence-corrected chi connectivity index (χ4v) is 2.50. The van der Waals surface area contributed by atoms with Gasteiger partial charge in [-0.25, -0.2) is 4.79 Å². The van der Waals surface area contributed by atoms with Crippen LogP contribution >= 0.6 is 0 Å². The molecule has 0 unspecified atom stereocenters. The van der Waals surface area contributed by atoms with E-state index in [-0.39, 0.29) is 23.7 Å². The summed E-state index contributed by atoms with van der Waals surface area (Å²) in [6, 6.07) is 15.3. The predicted octanol–water partition coefficient (Wildman–Crippen LogP) is 1.95. The highest BCUT2D eigenvalue weighted by atomic mass is 16.4. The van der Waals surface area contributed by atoms with Crippen LogP contribution in [0.1, 0.15) is 15.9 Å². The number of nitrogens with zero attached hydrogens (tertiary/aromatic N) is 1. The van der Waals surface area contributed by atoms with Gasteiger partial charge in [0.05, 0.1) is 5.56 Å². The van der Waals surface area contributed by atoms with Gasteiger partial charge >= 0.3 is 5.97 Å². The Morgan fingerprint density at radius 3 is 2.55 bits per heavy atom. The lowest BCUT2D eigenvalue weighted by Crippen LogP contribution is -2.27. The zero-order valence-corrected chi connectivity index (χ0v) is 11.6. The van der Waals surface area contributed by atoms with Crippen LogP contribution in [0.2, 0.25) is 0 Å². The number of rotatable bonds is 3. The summed E-state index contributed by atoms with van der Waals surface area (Å²) in [6.45, 7) is 0.0478. The van der Waals surface area contributed by atoms with Crippen molar-refractivity contribution in [2.24, 2.45) is 0 Å². The Morgan fingerprint density at radius 2 is 1.86 bits per heavy atom.